The summed E-state index contributed by atoms with van der Waals surface area (Å²) in [6.45, 7) is 3.59. The van der Waals surface area contributed by atoms with Gasteiger partial charge in [-0.1, -0.05) is 41.9 Å². The standard InChI is InChI=1S/C21H26ClN3O4S/c1-4-23-21(27)16(2)24(14-17-8-6-5-7-9-17)20(26)15-25(30(3,28)29)19-12-10-18(22)11-13-19/h5-13,16H,4,14-15H2,1-3H3,(H,23,27)/t16-/m0/s1. The summed E-state index contributed by atoms with van der Waals surface area (Å²) in [5.41, 5.74) is 1.15. The molecule has 2 amide bonds. The van der Waals surface area contributed by atoms with Crippen molar-refractivity contribution in [2.45, 2.75) is 26.4 Å². The van der Waals surface area contributed by atoms with Crippen molar-refractivity contribution in [2.75, 3.05) is 23.7 Å². The number of benzene rings is 2. The van der Waals surface area contributed by atoms with Gasteiger partial charge in [-0.2, -0.15) is 0 Å². The predicted molar refractivity (Wildman–Crippen MR) is 119 cm³/mol. The lowest BCUT2D eigenvalue weighted by atomic mass is 10.1. The van der Waals surface area contributed by atoms with E-state index < -0.39 is 28.5 Å². The number of nitrogens with one attached hydrogen (secondary N) is 1. The van der Waals surface area contributed by atoms with E-state index in [2.05, 4.69) is 5.32 Å². The summed E-state index contributed by atoms with van der Waals surface area (Å²) >= 11 is 5.90. The highest BCUT2D eigenvalue weighted by Crippen LogP contribution is 2.21. The minimum absolute atomic E-state index is 0.177. The third-order valence-corrected chi connectivity index (χ3v) is 5.90. The van der Waals surface area contributed by atoms with Crippen LogP contribution in [0.2, 0.25) is 5.02 Å². The molecular weight excluding hydrogens is 426 g/mol. The van der Waals surface area contributed by atoms with E-state index in [1.54, 1.807) is 26.0 Å². The second-order valence-electron chi connectivity index (χ2n) is 6.82. The molecule has 30 heavy (non-hydrogen) atoms. The van der Waals surface area contributed by atoms with E-state index in [9.17, 15) is 18.0 Å². The monoisotopic (exact) mass is 451 g/mol. The molecule has 0 saturated carbocycles. The molecule has 0 aliphatic heterocycles. The van der Waals surface area contributed by atoms with Gasteiger partial charge in [0.2, 0.25) is 21.8 Å². The maximum Gasteiger partial charge on any atom is 0.244 e. The summed E-state index contributed by atoms with van der Waals surface area (Å²) in [6, 6.07) is 14.6. The molecule has 2 aromatic rings. The summed E-state index contributed by atoms with van der Waals surface area (Å²) in [4.78, 5) is 27.0. The molecule has 9 heteroatoms. The van der Waals surface area contributed by atoms with Gasteiger partial charge in [-0.3, -0.25) is 13.9 Å². The molecule has 2 aromatic carbocycles. The molecule has 7 nitrogen and oxygen atoms in total. The molecule has 0 saturated heterocycles. The highest BCUT2D eigenvalue weighted by atomic mass is 35.5. The number of halogens is 1. The van der Waals surface area contributed by atoms with Crippen LogP contribution in [0.5, 0.6) is 0 Å². The highest BCUT2D eigenvalue weighted by molar-refractivity contribution is 7.92. The third-order valence-electron chi connectivity index (χ3n) is 4.51. The van der Waals surface area contributed by atoms with Gasteiger partial charge in [-0.15, -0.1) is 0 Å². The largest absolute Gasteiger partial charge is 0.355 e. The van der Waals surface area contributed by atoms with Crippen molar-refractivity contribution in [2.24, 2.45) is 0 Å². The Labute approximate surface area is 182 Å². The number of rotatable bonds is 9. The van der Waals surface area contributed by atoms with Crippen molar-refractivity contribution in [1.82, 2.24) is 10.2 Å². The van der Waals surface area contributed by atoms with Crippen molar-refractivity contribution in [3.63, 3.8) is 0 Å². The van der Waals surface area contributed by atoms with Crippen LogP contribution in [0.3, 0.4) is 0 Å². The maximum absolute atomic E-state index is 13.2. The smallest absolute Gasteiger partial charge is 0.244 e. The van der Waals surface area contributed by atoms with Gasteiger partial charge < -0.3 is 10.2 Å². The van der Waals surface area contributed by atoms with Gasteiger partial charge in [-0.05, 0) is 43.7 Å². The van der Waals surface area contributed by atoms with Crippen molar-refractivity contribution in [1.29, 1.82) is 0 Å². The van der Waals surface area contributed by atoms with Gasteiger partial charge in [0.25, 0.3) is 0 Å². The van der Waals surface area contributed by atoms with Crippen LogP contribution in [0, 0.1) is 0 Å². The Morgan fingerprint density at radius 2 is 1.67 bits per heavy atom. The second-order valence-corrected chi connectivity index (χ2v) is 9.17. The molecule has 1 atom stereocenters. The number of nitrogens with zero attached hydrogens (tertiary/aromatic N) is 2. The molecule has 0 heterocycles. The lowest BCUT2D eigenvalue weighted by Gasteiger charge is -2.31. The van der Waals surface area contributed by atoms with E-state index in [0.717, 1.165) is 16.1 Å². The fourth-order valence-corrected chi connectivity index (χ4v) is 3.88. The minimum atomic E-state index is -3.75. The Balaban J connectivity index is 2.34. The van der Waals surface area contributed by atoms with Gasteiger partial charge in [0.1, 0.15) is 12.6 Å². The average Bonchev–Trinajstić information content (AvgIpc) is 2.70. The lowest BCUT2D eigenvalue weighted by molar-refractivity contribution is -0.139. The number of carbonyl (C=O) groups excluding carboxylic acids is 2. The Morgan fingerprint density at radius 1 is 1.07 bits per heavy atom. The number of amides is 2. The van der Waals surface area contributed by atoms with Crippen LogP contribution in [0.15, 0.2) is 54.6 Å². The van der Waals surface area contributed by atoms with E-state index in [0.29, 0.717) is 17.3 Å². The number of carbonyl (C=O) groups is 2. The molecule has 0 aliphatic rings. The first kappa shape index (κ1) is 23.7. The topological polar surface area (TPSA) is 86.8 Å². The molecule has 0 radical (unpaired) electrons. The maximum atomic E-state index is 13.2. The molecular formula is C21H26ClN3O4S. The second kappa shape index (κ2) is 10.4. The summed E-state index contributed by atoms with van der Waals surface area (Å²) < 4.78 is 25.8. The van der Waals surface area contributed by atoms with Crippen LogP contribution in [-0.2, 0) is 26.2 Å². The van der Waals surface area contributed by atoms with Crippen molar-refractivity contribution in [3.8, 4) is 0 Å². The molecule has 0 unspecified atom stereocenters. The highest BCUT2D eigenvalue weighted by Gasteiger charge is 2.29. The van der Waals surface area contributed by atoms with Gasteiger partial charge in [-0.25, -0.2) is 8.42 Å². The summed E-state index contributed by atoms with van der Waals surface area (Å²) in [7, 11) is -3.75. The summed E-state index contributed by atoms with van der Waals surface area (Å²) in [5, 5.41) is 3.16. The van der Waals surface area contributed by atoms with E-state index in [1.807, 2.05) is 30.3 Å². The van der Waals surface area contributed by atoms with Gasteiger partial charge in [0.15, 0.2) is 0 Å². The van der Waals surface area contributed by atoms with E-state index in [4.69, 9.17) is 11.6 Å². The fourth-order valence-electron chi connectivity index (χ4n) is 2.91. The minimum Gasteiger partial charge on any atom is -0.355 e. The zero-order chi connectivity index (χ0) is 22.3. The number of sulfonamides is 1. The van der Waals surface area contributed by atoms with Crippen LogP contribution >= 0.6 is 11.6 Å². The molecule has 0 aromatic heterocycles. The van der Waals surface area contributed by atoms with Crippen LogP contribution in [0.1, 0.15) is 19.4 Å². The first-order chi connectivity index (χ1) is 14.1. The lowest BCUT2D eigenvalue weighted by Crippen LogP contribution is -2.51. The first-order valence-electron chi connectivity index (χ1n) is 9.48. The van der Waals surface area contributed by atoms with Gasteiger partial charge in [0, 0.05) is 18.1 Å². The van der Waals surface area contributed by atoms with Gasteiger partial charge in [0.05, 0.1) is 11.9 Å². The molecule has 0 spiro atoms. The van der Waals surface area contributed by atoms with Crippen molar-refractivity contribution < 1.29 is 18.0 Å². The molecule has 0 aliphatic carbocycles. The van der Waals surface area contributed by atoms with Crippen LogP contribution in [-0.4, -0.2) is 50.5 Å². The third kappa shape index (κ3) is 6.47. The van der Waals surface area contributed by atoms with Crippen molar-refractivity contribution in [3.05, 3.63) is 65.2 Å². The molecule has 2 rings (SSSR count). The van der Waals surface area contributed by atoms with Crippen molar-refractivity contribution >= 4 is 39.1 Å². The number of hydrogen-bond acceptors (Lipinski definition) is 4. The Hall–Kier alpha value is -2.58. The number of likely N-dealkylation sites (N-methyl/N-ethyl adjacent to an activating group) is 1. The quantitative estimate of drug-likeness (QED) is 0.635. The first-order valence-corrected chi connectivity index (χ1v) is 11.7. The average molecular weight is 452 g/mol. The van der Waals surface area contributed by atoms with E-state index in [1.165, 1.54) is 17.0 Å². The number of hydrogen-bond donors (Lipinski definition) is 1. The Morgan fingerprint density at radius 3 is 2.20 bits per heavy atom. The SMILES string of the molecule is CCNC(=O)[C@H](C)N(Cc1ccccc1)C(=O)CN(c1ccc(Cl)cc1)S(C)(=O)=O. The normalized spacial score (nSPS) is 12.1. The Bertz CT molecular complexity index is 966. The fraction of sp³-hybridized carbons (Fsp3) is 0.333. The summed E-state index contributed by atoms with van der Waals surface area (Å²) in [6.07, 6.45) is 1.03. The molecule has 162 valence electrons. The summed E-state index contributed by atoms with van der Waals surface area (Å²) in [5.74, 6) is -0.794. The van der Waals surface area contributed by atoms with Crippen LogP contribution in [0.25, 0.3) is 0 Å². The van der Waals surface area contributed by atoms with Crippen LogP contribution in [0.4, 0.5) is 5.69 Å². The van der Waals surface area contributed by atoms with E-state index >= 15 is 0 Å². The molecule has 0 bridgehead atoms. The molecule has 0 fully saturated rings. The zero-order valence-corrected chi connectivity index (χ0v) is 18.8. The van der Waals surface area contributed by atoms with Gasteiger partial charge >= 0.3 is 0 Å². The van der Waals surface area contributed by atoms with E-state index in [-0.39, 0.29) is 12.5 Å². The Kier molecular flexibility index (Phi) is 8.25. The van der Waals surface area contributed by atoms with Crippen LogP contribution < -0.4 is 9.62 Å². The number of anilines is 1. The molecule has 1 N–H and O–H groups in total. The predicted octanol–water partition coefficient (Wildman–Crippen LogP) is 2.66. The zero-order valence-electron chi connectivity index (χ0n) is 17.2.